The molecular formula is C30H35N3O3S. The first-order valence-corrected chi connectivity index (χ1v) is 13.9. The lowest BCUT2D eigenvalue weighted by Crippen LogP contribution is -2.32. The smallest absolute Gasteiger partial charge is 0.254 e. The van der Waals surface area contributed by atoms with Gasteiger partial charge in [-0.2, -0.15) is 0 Å². The number of carbonyl (C=O) groups is 1. The molecule has 0 saturated carbocycles. The quantitative estimate of drug-likeness (QED) is 0.155. The predicted molar refractivity (Wildman–Crippen MR) is 151 cm³/mol. The Balaban J connectivity index is 1.73. The molecule has 4 aromatic rings. The standard InChI is InChI=1S/C30H35N3O3S/c1-5-6-9-19-32(30(34)22-15-17-23(37-4)18-16-22)21-29-31-25-11-7-8-12-26(25)33(29)20-24-27(35-2)13-10-14-28(24)36-3/h7-8,10-18H,5-6,9,19-21H2,1-4H3. The maximum Gasteiger partial charge on any atom is 0.254 e. The predicted octanol–water partition coefficient (Wildman–Crippen LogP) is 6.66. The second-order valence-corrected chi connectivity index (χ2v) is 9.79. The summed E-state index contributed by atoms with van der Waals surface area (Å²) in [4.78, 5) is 21.7. The van der Waals surface area contributed by atoms with E-state index in [1.807, 2.05) is 71.8 Å². The van der Waals surface area contributed by atoms with Crippen LogP contribution in [0.1, 0.15) is 47.9 Å². The number of ether oxygens (including phenoxy) is 2. The van der Waals surface area contributed by atoms with Gasteiger partial charge < -0.3 is 18.9 Å². The van der Waals surface area contributed by atoms with Gasteiger partial charge in [0.05, 0.1) is 43.9 Å². The number of hydrogen-bond donors (Lipinski definition) is 0. The molecule has 1 aromatic heterocycles. The van der Waals surface area contributed by atoms with E-state index in [1.54, 1.807) is 26.0 Å². The average molecular weight is 518 g/mol. The minimum absolute atomic E-state index is 0.0252. The molecule has 3 aromatic carbocycles. The molecule has 0 saturated heterocycles. The van der Waals surface area contributed by atoms with E-state index in [1.165, 1.54) is 0 Å². The Labute approximate surface area is 223 Å². The number of fused-ring (bicyclic) bond motifs is 1. The molecule has 0 radical (unpaired) electrons. The average Bonchev–Trinajstić information content (AvgIpc) is 3.29. The lowest BCUT2D eigenvalue weighted by Gasteiger charge is -2.24. The van der Waals surface area contributed by atoms with Gasteiger partial charge >= 0.3 is 0 Å². The number of rotatable bonds is 12. The van der Waals surface area contributed by atoms with Gasteiger partial charge in [0.15, 0.2) is 0 Å². The van der Waals surface area contributed by atoms with E-state index in [0.717, 1.165) is 58.1 Å². The van der Waals surface area contributed by atoms with Gasteiger partial charge in [-0.05, 0) is 61.2 Å². The SMILES string of the molecule is CCCCCN(Cc1nc2ccccc2n1Cc1c(OC)cccc1OC)C(=O)c1ccc(SC)cc1. The summed E-state index contributed by atoms with van der Waals surface area (Å²) in [5, 5.41) is 0. The zero-order valence-corrected chi connectivity index (χ0v) is 22.9. The summed E-state index contributed by atoms with van der Waals surface area (Å²) in [5.74, 6) is 2.37. The number of aromatic nitrogens is 2. The van der Waals surface area contributed by atoms with E-state index in [2.05, 4.69) is 17.6 Å². The van der Waals surface area contributed by atoms with Crippen LogP contribution in [0.15, 0.2) is 71.6 Å². The zero-order chi connectivity index (χ0) is 26.2. The van der Waals surface area contributed by atoms with Crippen molar-refractivity contribution < 1.29 is 14.3 Å². The number of unbranched alkanes of at least 4 members (excludes halogenated alkanes) is 2. The molecule has 194 valence electrons. The number of thioether (sulfide) groups is 1. The maximum atomic E-state index is 13.7. The number of imidazole rings is 1. The van der Waals surface area contributed by atoms with E-state index >= 15 is 0 Å². The van der Waals surface area contributed by atoms with Crippen LogP contribution in [0.3, 0.4) is 0 Å². The lowest BCUT2D eigenvalue weighted by atomic mass is 10.1. The first-order chi connectivity index (χ1) is 18.1. The number of amides is 1. The minimum atomic E-state index is 0.0252. The Morgan fingerprint density at radius 3 is 2.30 bits per heavy atom. The van der Waals surface area contributed by atoms with Gasteiger partial charge in [-0.15, -0.1) is 11.8 Å². The molecule has 0 atom stereocenters. The van der Waals surface area contributed by atoms with Crippen molar-refractivity contribution in [3.63, 3.8) is 0 Å². The van der Waals surface area contributed by atoms with E-state index in [0.29, 0.717) is 25.2 Å². The Morgan fingerprint density at radius 1 is 0.946 bits per heavy atom. The number of carbonyl (C=O) groups excluding carboxylic acids is 1. The summed E-state index contributed by atoms with van der Waals surface area (Å²) in [5.41, 5.74) is 3.55. The van der Waals surface area contributed by atoms with Crippen molar-refractivity contribution in [2.45, 2.75) is 44.2 Å². The topological polar surface area (TPSA) is 56.6 Å². The summed E-state index contributed by atoms with van der Waals surface area (Å²) < 4.78 is 13.5. The summed E-state index contributed by atoms with van der Waals surface area (Å²) in [7, 11) is 3.34. The summed E-state index contributed by atoms with van der Waals surface area (Å²) in [6.07, 6.45) is 5.15. The highest BCUT2D eigenvalue weighted by Crippen LogP contribution is 2.31. The van der Waals surface area contributed by atoms with Crippen LogP contribution in [-0.4, -0.2) is 47.4 Å². The second kappa shape index (κ2) is 12.7. The van der Waals surface area contributed by atoms with Crippen molar-refractivity contribution >= 4 is 28.7 Å². The van der Waals surface area contributed by atoms with Gasteiger partial charge in [0.25, 0.3) is 5.91 Å². The van der Waals surface area contributed by atoms with Crippen molar-refractivity contribution in [1.82, 2.24) is 14.5 Å². The molecule has 1 amide bonds. The van der Waals surface area contributed by atoms with E-state index in [9.17, 15) is 4.79 Å². The molecule has 0 unspecified atom stereocenters. The maximum absolute atomic E-state index is 13.7. The number of para-hydroxylation sites is 2. The van der Waals surface area contributed by atoms with Crippen LogP contribution in [0.4, 0.5) is 0 Å². The molecular weight excluding hydrogens is 482 g/mol. The van der Waals surface area contributed by atoms with Crippen LogP contribution in [0.25, 0.3) is 11.0 Å². The zero-order valence-electron chi connectivity index (χ0n) is 22.1. The number of hydrogen-bond acceptors (Lipinski definition) is 5. The van der Waals surface area contributed by atoms with Crippen molar-refractivity contribution in [2.24, 2.45) is 0 Å². The third-order valence-corrected chi connectivity index (χ3v) is 7.31. The van der Waals surface area contributed by atoms with E-state index < -0.39 is 0 Å². The molecule has 6 nitrogen and oxygen atoms in total. The fraction of sp³-hybridized carbons (Fsp3) is 0.333. The Morgan fingerprint density at radius 2 is 1.65 bits per heavy atom. The lowest BCUT2D eigenvalue weighted by molar-refractivity contribution is 0.0734. The Bertz CT molecular complexity index is 1310. The highest BCUT2D eigenvalue weighted by molar-refractivity contribution is 7.98. The Hall–Kier alpha value is -3.45. The van der Waals surface area contributed by atoms with Crippen LogP contribution in [-0.2, 0) is 13.1 Å². The molecule has 7 heteroatoms. The molecule has 0 N–H and O–H groups in total. The van der Waals surface area contributed by atoms with Gasteiger partial charge in [-0.25, -0.2) is 4.98 Å². The highest BCUT2D eigenvalue weighted by Gasteiger charge is 2.21. The van der Waals surface area contributed by atoms with Crippen LogP contribution in [0.5, 0.6) is 11.5 Å². The molecule has 4 rings (SSSR count). The van der Waals surface area contributed by atoms with Crippen LogP contribution < -0.4 is 9.47 Å². The molecule has 1 heterocycles. The number of nitrogens with zero attached hydrogens (tertiary/aromatic N) is 3. The fourth-order valence-corrected chi connectivity index (χ4v) is 4.96. The Kier molecular flexibility index (Phi) is 9.12. The van der Waals surface area contributed by atoms with Gasteiger partial charge in [-0.1, -0.05) is 38.0 Å². The van der Waals surface area contributed by atoms with Gasteiger partial charge in [0, 0.05) is 17.0 Å². The molecule has 0 aliphatic heterocycles. The van der Waals surface area contributed by atoms with E-state index in [-0.39, 0.29) is 5.91 Å². The number of methoxy groups -OCH3 is 2. The summed E-state index contributed by atoms with van der Waals surface area (Å²) >= 11 is 1.67. The third kappa shape index (κ3) is 6.10. The minimum Gasteiger partial charge on any atom is -0.496 e. The monoisotopic (exact) mass is 517 g/mol. The molecule has 37 heavy (non-hydrogen) atoms. The van der Waals surface area contributed by atoms with Crippen molar-refractivity contribution in [1.29, 1.82) is 0 Å². The van der Waals surface area contributed by atoms with Crippen molar-refractivity contribution in [2.75, 3.05) is 27.0 Å². The summed E-state index contributed by atoms with van der Waals surface area (Å²) in [6.45, 7) is 3.78. The summed E-state index contributed by atoms with van der Waals surface area (Å²) in [6, 6.07) is 21.7. The second-order valence-electron chi connectivity index (χ2n) is 8.91. The molecule has 0 fully saturated rings. The molecule has 0 aliphatic carbocycles. The van der Waals surface area contributed by atoms with Crippen molar-refractivity contribution in [3.8, 4) is 11.5 Å². The highest BCUT2D eigenvalue weighted by atomic mass is 32.2. The first kappa shape index (κ1) is 26.6. The molecule has 0 spiro atoms. The number of benzene rings is 3. The van der Waals surface area contributed by atoms with Gasteiger partial charge in [0.1, 0.15) is 17.3 Å². The van der Waals surface area contributed by atoms with Crippen LogP contribution in [0.2, 0.25) is 0 Å². The molecule has 0 bridgehead atoms. The van der Waals surface area contributed by atoms with Crippen LogP contribution >= 0.6 is 11.8 Å². The van der Waals surface area contributed by atoms with Crippen molar-refractivity contribution in [3.05, 3.63) is 83.7 Å². The van der Waals surface area contributed by atoms with E-state index in [4.69, 9.17) is 14.5 Å². The van der Waals surface area contributed by atoms with Gasteiger partial charge in [0.2, 0.25) is 0 Å². The first-order valence-electron chi connectivity index (χ1n) is 12.7. The normalized spacial score (nSPS) is 11.0. The van der Waals surface area contributed by atoms with Crippen LogP contribution in [0, 0.1) is 0 Å². The van der Waals surface area contributed by atoms with Gasteiger partial charge in [-0.3, -0.25) is 4.79 Å². The third-order valence-electron chi connectivity index (χ3n) is 6.57. The fourth-order valence-electron chi connectivity index (χ4n) is 4.56. The molecule has 0 aliphatic rings. The largest absolute Gasteiger partial charge is 0.496 e.